The first kappa shape index (κ1) is 22.3. The standard InChI is InChI=1S/C20H23N5O5S/c1-12-17(13(2)25-20(23-12)21-11-22-25)9-10-18(26)30-14(3)19(27)15-5-7-16(8-6-15)24-31(4,28)29/h5-8,11,14,24H,9-10H2,1-4H3. The molecule has 0 amide bonds. The highest BCUT2D eigenvalue weighted by Gasteiger charge is 2.20. The molecule has 11 heteroatoms. The van der Waals surface area contributed by atoms with Crippen molar-refractivity contribution >= 4 is 33.2 Å². The van der Waals surface area contributed by atoms with Crippen LogP contribution in [0.5, 0.6) is 0 Å². The summed E-state index contributed by atoms with van der Waals surface area (Å²) in [5, 5.41) is 4.12. The molecule has 0 aliphatic rings. The minimum absolute atomic E-state index is 0.0817. The van der Waals surface area contributed by atoms with Crippen molar-refractivity contribution in [3.05, 3.63) is 53.1 Å². The third-order valence-corrected chi connectivity index (χ3v) is 5.32. The van der Waals surface area contributed by atoms with Crippen molar-refractivity contribution in [2.45, 2.75) is 39.7 Å². The Hall–Kier alpha value is -3.34. The molecular formula is C20H23N5O5S. The van der Waals surface area contributed by atoms with Gasteiger partial charge in [-0.1, -0.05) is 0 Å². The minimum atomic E-state index is -3.40. The van der Waals surface area contributed by atoms with Gasteiger partial charge in [-0.3, -0.25) is 14.3 Å². The van der Waals surface area contributed by atoms with Gasteiger partial charge in [0, 0.05) is 29.1 Å². The van der Waals surface area contributed by atoms with Crippen LogP contribution < -0.4 is 4.72 Å². The van der Waals surface area contributed by atoms with Crippen LogP contribution in [0.15, 0.2) is 30.6 Å². The summed E-state index contributed by atoms with van der Waals surface area (Å²) in [4.78, 5) is 33.3. The number of carbonyl (C=O) groups excluding carboxylic acids is 2. The molecule has 2 heterocycles. The summed E-state index contributed by atoms with van der Waals surface area (Å²) in [5.74, 6) is -0.385. The van der Waals surface area contributed by atoms with Crippen LogP contribution in [0.2, 0.25) is 0 Å². The van der Waals surface area contributed by atoms with E-state index in [0.29, 0.717) is 23.4 Å². The summed E-state index contributed by atoms with van der Waals surface area (Å²) in [6.07, 6.45) is 1.96. The lowest BCUT2D eigenvalue weighted by atomic mass is 10.1. The largest absolute Gasteiger partial charge is 0.454 e. The third-order valence-electron chi connectivity index (χ3n) is 4.72. The number of aryl methyl sites for hydroxylation is 2. The summed E-state index contributed by atoms with van der Waals surface area (Å²) in [6, 6.07) is 5.90. The van der Waals surface area contributed by atoms with Crippen molar-refractivity contribution in [3.8, 4) is 0 Å². The van der Waals surface area contributed by atoms with Crippen molar-refractivity contribution < 1.29 is 22.7 Å². The monoisotopic (exact) mass is 445 g/mol. The zero-order chi connectivity index (χ0) is 22.8. The summed E-state index contributed by atoms with van der Waals surface area (Å²) >= 11 is 0. The van der Waals surface area contributed by atoms with Crippen LogP contribution >= 0.6 is 0 Å². The quantitative estimate of drug-likeness (QED) is 0.410. The number of hydrogen-bond donors (Lipinski definition) is 1. The average molecular weight is 446 g/mol. The first-order valence-electron chi connectivity index (χ1n) is 9.52. The summed E-state index contributed by atoms with van der Waals surface area (Å²) in [6.45, 7) is 5.23. The van der Waals surface area contributed by atoms with Crippen LogP contribution in [-0.2, 0) is 26.0 Å². The second kappa shape index (κ2) is 8.80. The topological polar surface area (TPSA) is 133 Å². The maximum atomic E-state index is 12.5. The average Bonchev–Trinajstić information content (AvgIpc) is 3.15. The molecule has 0 aliphatic carbocycles. The Kier molecular flexibility index (Phi) is 6.34. The number of rotatable bonds is 8. The smallest absolute Gasteiger partial charge is 0.306 e. The molecule has 3 rings (SSSR count). The van der Waals surface area contributed by atoms with E-state index in [2.05, 4.69) is 19.8 Å². The van der Waals surface area contributed by atoms with E-state index in [0.717, 1.165) is 23.2 Å². The predicted octanol–water partition coefficient (Wildman–Crippen LogP) is 1.86. The number of sulfonamides is 1. The Morgan fingerprint density at radius 1 is 1.19 bits per heavy atom. The van der Waals surface area contributed by atoms with Crippen molar-refractivity contribution in [1.29, 1.82) is 0 Å². The van der Waals surface area contributed by atoms with Gasteiger partial charge in [0.15, 0.2) is 6.10 Å². The van der Waals surface area contributed by atoms with Gasteiger partial charge >= 0.3 is 5.97 Å². The van der Waals surface area contributed by atoms with Gasteiger partial charge < -0.3 is 4.74 Å². The fraction of sp³-hybridized carbons (Fsp3) is 0.350. The molecule has 0 radical (unpaired) electrons. The van der Waals surface area contributed by atoms with Gasteiger partial charge in [0.25, 0.3) is 5.78 Å². The number of hydrogen-bond acceptors (Lipinski definition) is 8. The van der Waals surface area contributed by atoms with Crippen LogP contribution in [0.1, 0.15) is 40.7 Å². The zero-order valence-corrected chi connectivity index (χ0v) is 18.4. The highest BCUT2D eigenvalue weighted by molar-refractivity contribution is 7.92. The van der Waals surface area contributed by atoms with E-state index in [1.165, 1.54) is 37.5 Å². The molecule has 0 fully saturated rings. The Morgan fingerprint density at radius 3 is 2.52 bits per heavy atom. The second-order valence-corrected chi connectivity index (χ2v) is 8.93. The van der Waals surface area contributed by atoms with E-state index in [1.54, 1.807) is 4.52 Å². The number of aromatic nitrogens is 4. The van der Waals surface area contributed by atoms with Gasteiger partial charge in [-0.05, 0) is 57.0 Å². The number of esters is 1. The molecule has 3 aromatic rings. The number of nitrogens with zero attached hydrogens (tertiary/aromatic N) is 4. The van der Waals surface area contributed by atoms with Crippen molar-refractivity contribution in [2.24, 2.45) is 0 Å². The van der Waals surface area contributed by atoms with E-state index in [1.807, 2.05) is 13.8 Å². The van der Waals surface area contributed by atoms with E-state index in [9.17, 15) is 18.0 Å². The van der Waals surface area contributed by atoms with Crippen molar-refractivity contribution in [1.82, 2.24) is 19.6 Å². The van der Waals surface area contributed by atoms with E-state index in [-0.39, 0.29) is 12.2 Å². The highest BCUT2D eigenvalue weighted by Crippen LogP contribution is 2.17. The lowest BCUT2D eigenvalue weighted by Gasteiger charge is -2.14. The third kappa shape index (κ3) is 5.43. The van der Waals surface area contributed by atoms with Crippen LogP contribution in [-0.4, -0.2) is 52.1 Å². The van der Waals surface area contributed by atoms with E-state index < -0.39 is 22.1 Å². The number of fused-ring (bicyclic) bond motifs is 1. The molecule has 0 spiro atoms. The summed E-state index contributed by atoms with van der Waals surface area (Å²) in [7, 11) is -3.40. The Labute approximate surface area is 179 Å². The highest BCUT2D eigenvalue weighted by atomic mass is 32.2. The number of Topliss-reactive ketones (excluding diaryl/α,β-unsaturated/α-hetero) is 1. The number of ether oxygens (including phenoxy) is 1. The SMILES string of the molecule is Cc1nc2ncnn2c(C)c1CCC(=O)OC(C)C(=O)c1ccc(NS(C)(=O)=O)cc1. The summed E-state index contributed by atoms with van der Waals surface area (Å²) < 4.78 is 31.7. The molecule has 1 aromatic carbocycles. The molecule has 0 aliphatic heterocycles. The fourth-order valence-electron chi connectivity index (χ4n) is 3.21. The zero-order valence-electron chi connectivity index (χ0n) is 17.6. The fourth-order valence-corrected chi connectivity index (χ4v) is 3.77. The minimum Gasteiger partial charge on any atom is -0.454 e. The lowest BCUT2D eigenvalue weighted by Crippen LogP contribution is -2.24. The van der Waals surface area contributed by atoms with Crippen LogP contribution in [0, 0.1) is 13.8 Å². The van der Waals surface area contributed by atoms with E-state index in [4.69, 9.17) is 4.74 Å². The number of nitrogens with one attached hydrogen (secondary N) is 1. The maximum Gasteiger partial charge on any atom is 0.306 e. The van der Waals surface area contributed by atoms with E-state index >= 15 is 0 Å². The predicted molar refractivity (Wildman–Crippen MR) is 113 cm³/mol. The van der Waals surface area contributed by atoms with Crippen LogP contribution in [0.4, 0.5) is 5.69 Å². The normalized spacial score (nSPS) is 12.5. The summed E-state index contributed by atoms with van der Waals surface area (Å²) in [5.41, 5.74) is 3.14. The molecule has 1 atom stereocenters. The second-order valence-electron chi connectivity index (χ2n) is 7.18. The number of ketones is 1. The first-order valence-corrected chi connectivity index (χ1v) is 11.4. The Morgan fingerprint density at radius 2 is 1.87 bits per heavy atom. The van der Waals surface area contributed by atoms with Gasteiger partial charge in [-0.2, -0.15) is 10.1 Å². The van der Waals surface area contributed by atoms with Gasteiger partial charge in [0.05, 0.1) is 6.26 Å². The van der Waals surface area contributed by atoms with Crippen LogP contribution in [0.25, 0.3) is 5.78 Å². The van der Waals surface area contributed by atoms with Crippen LogP contribution in [0.3, 0.4) is 0 Å². The molecule has 31 heavy (non-hydrogen) atoms. The maximum absolute atomic E-state index is 12.5. The molecule has 10 nitrogen and oxygen atoms in total. The Balaban J connectivity index is 1.60. The number of anilines is 1. The molecule has 2 aromatic heterocycles. The van der Waals surface area contributed by atoms with Gasteiger partial charge in [0.2, 0.25) is 15.8 Å². The first-order chi connectivity index (χ1) is 14.5. The number of carbonyl (C=O) groups is 2. The molecule has 1 unspecified atom stereocenters. The van der Waals surface area contributed by atoms with Gasteiger partial charge in [-0.25, -0.2) is 17.9 Å². The molecule has 1 N–H and O–H groups in total. The lowest BCUT2D eigenvalue weighted by molar-refractivity contribution is -0.146. The van der Waals surface area contributed by atoms with Crippen molar-refractivity contribution in [3.63, 3.8) is 0 Å². The van der Waals surface area contributed by atoms with Gasteiger partial charge in [-0.15, -0.1) is 0 Å². The molecule has 0 saturated carbocycles. The molecular weight excluding hydrogens is 422 g/mol. The molecule has 0 saturated heterocycles. The molecule has 0 bridgehead atoms. The molecule has 164 valence electrons. The number of benzene rings is 1. The van der Waals surface area contributed by atoms with Crippen molar-refractivity contribution in [2.75, 3.05) is 11.0 Å². The Bertz CT molecular complexity index is 1230. The van der Waals surface area contributed by atoms with Gasteiger partial charge in [0.1, 0.15) is 6.33 Å².